The van der Waals surface area contributed by atoms with E-state index in [1.165, 1.54) is 6.20 Å². The Morgan fingerprint density at radius 1 is 1.21 bits per heavy atom. The lowest BCUT2D eigenvalue weighted by molar-refractivity contribution is -0.00336. The second-order valence-corrected chi connectivity index (χ2v) is 7.45. The number of hydrogen-bond donors (Lipinski definition) is 1. The first-order valence-corrected chi connectivity index (χ1v) is 8.27. The van der Waals surface area contributed by atoms with Gasteiger partial charge in [-0.1, -0.05) is 0 Å². The van der Waals surface area contributed by atoms with Crippen LogP contribution in [0, 0.1) is 0 Å². The minimum absolute atomic E-state index is 0.0179. The van der Waals surface area contributed by atoms with Gasteiger partial charge in [0.05, 0.1) is 17.6 Å². The minimum Gasteiger partial charge on any atom is -0.444 e. The zero-order chi connectivity index (χ0) is 17.5. The molecule has 2 fully saturated rings. The number of carbonyl (C=O) groups is 2. The molecular weight excluding hydrogens is 308 g/mol. The molecule has 3 heterocycles. The number of nitrogens with two attached hydrogens (primary N) is 1. The molecule has 0 aliphatic carbocycles. The number of likely N-dealkylation sites (tertiary alicyclic amines) is 1. The summed E-state index contributed by atoms with van der Waals surface area (Å²) >= 11 is 0. The first kappa shape index (κ1) is 16.5. The van der Waals surface area contributed by atoms with Gasteiger partial charge in [-0.2, -0.15) is 0 Å². The fraction of sp³-hybridized carbons (Fsp3) is 0.588. The van der Waals surface area contributed by atoms with Gasteiger partial charge in [-0.15, -0.1) is 0 Å². The van der Waals surface area contributed by atoms with Gasteiger partial charge in [0.1, 0.15) is 11.4 Å². The zero-order valence-electron chi connectivity index (χ0n) is 14.4. The summed E-state index contributed by atoms with van der Waals surface area (Å²) in [6, 6.07) is 3.35. The van der Waals surface area contributed by atoms with Crippen molar-refractivity contribution in [3.05, 3.63) is 23.9 Å². The Balaban J connectivity index is 1.70. The van der Waals surface area contributed by atoms with Gasteiger partial charge < -0.3 is 15.4 Å². The van der Waals surface area contributed by atoms with E-state index in [1.807, 2.05) is 25.7 Å². The van der Waals surface area contributed by atoms with Crippen molar-refractivity contribution >= 4 is 17.8 Å². The van der Waals surface area contributed by atoms with Crippen molar-refractivity contribution in [1.82, 2.24) is 14.8 Å². The van der Waals surface area contributed by atoms with Crippen LogP contribution in [-0.4, -0.2) is 57.6 Å². The Bertz CT molecular complexity index is 624. The van der Waals surface area contributed by atoms with E-state index in [4.69, 9.17) is 10.5 Å². The predicted octanol–water partition coefficient (Wildman–Crippen LogP) is 1.89. The predicted molar refractivity (Wildman–Crippen MR) is 89.4 cm³/mol. The van der Waals surface area contributed by atoms with Crippen molar-refractivity contribution in [2.45, 2.75) is 51.3 Å². The Morgan fingerprint density at radius 3 is 2.33 bits per heavy atom. The van der Waals surface area contributed by atoms with E-state index >= 15 is 0 Å². The highest BCUT2D eigenvalue weighted by atomic mass is 16.6. The Kier molecular flexibility index (Phi) is 4.11. The topological polar surface area (TPSA) is 88.8 Å². The summed E-state index contributed by atoms with van der Waals surface area (Å²) in [5.74, 6) is 0.324. The number of nitrogens with zero attached hydrogens (tertiary/aromatic N) is 3. The third-order valence-electron chi connectivity index (χ3n) is 4.41. The van der Waals surface area contributed by atoms with Gasteiger partial charge in [-0.3, -0.25) is 9.69 Å². The molecule has 7 nitrogen and oxygen atoms in total. The second-order valence-electron chi connectivity index (χ2n) is 7.45. The molecule has 130 valence electrons. The van der Waals surface area contributed by atoms with Crippen LogP contribution < -0.4 is 5.73 Å². The van der Waals surface area contributed by atoms with E-state index in [0.717, 1.165) is 12.8 Å². The Labute approximate surface area is 141 Å². The maximum Gasteiger partial charge on any atom is 0.410 e. The number of nitrogen functional groups attached to an aromatic ring is 1. The smallest absolute Gasteiger partial charge is 0.410 e. The molecule has 1 aromatic heterocycles. The number of piperazine rings is 1. The van der Waals surface area contributed by atoms with Crippen LogP contribution in [0.15, 0.2) is 18.3 Å². The number of hydrogen-bond acceptors (Lipinski definition) is 5. The summed E-state index contributed by atoms with van der Waals surface area (Å²) in [4.78, 5) is 32.7. The molecule has 0 spiro atoms. The molecule has 0 saturated carbocycles. The molecule has 0 radical (unpaired) electrons. The van der Waals surface area contributed by atoms with Crippen LogP contribution in [0.25, 0.3) is 0 Å². The summed E-state index contributed by atoms with van der Waals surface area (Å²) in [6.45, 7) is 6.64. The quantitative estimate of drug-likeness (QED) is 0.848. The lowest BCUT2D eigenvalue weighted by Gasteiger charge is -2.41. The van der Waals surface area contributed by atoms with Crippen molar-refractivity contribution in [2.75, 3.05) is 18.8 Å². The Hall–Kier alpha value is -2.31. The first-order chi connectivity index (χ1) is 11.2. The summed E-state index contributed by atoms with van der Waals surface area (Å²) in [6.07, 6.45) is 3.01. The summed E-state index contributed by atoms with van der Waals surface area (Å²) in [7, 11) is 0. The summed E-state index contributed by atoms with van der Waals surface area (Å²) < 4.78 is 5.51. The van der Waals surface area contributed by atoms with Crippen LogP contribution in [-0.2, 0) is 4.74 Å². The zero-order valence-corrected chi connectivity index (χ0v) is 14.4. The monoisotopic (exact) mass is 332 g/mol. The highest BCUT2D eigenvalue weighted by Gasteiger charge is 2.45. The van der Waals surface area contributed by atoms with Crippen LogP contribution in [0.2, 0.25) is 0 Å². The number of ether oxygens (including phenoxy) is 1. The lowest BCUT2D eigenvalue weighted by Crippen LogP contribution is -2.57. The van der Waals surface area contributed by atoms with Gasteiger partial charge in [0, 0.05) is 19.3 Å². The number of amides is 2. The fourth-order valence-electron chi connectivity index (χ4n) is 3.40. The van der Waals surface area contributed by atoms with Crippen molar-refractivity contribution in [3.63, 3.8) is 0 Å². The maximum atomic E-state index is 12.6. The van der Waals surface area contributed by atoms with Gasteiger partial charge in [-0.25, -0.2) is 9.78 Å². The number of rotatable bonds is 1. The van der Waals surface area contributed by atoms with Gasteiger partial charge in [0.15, 0.2) is 0 Å². The molecule has 2 bridgehead atoms. The van der Waals surface area contributed by atoms with Gasteiger partial charge in [0.2, 0.25) is 0 Å². The fourth-order valence-corrected chi connectivity index (χ4v) is 3.40. The average Bonchev–Trinajstić information content (AvgIpc) is 2.76. The highest BCUT2D eigenvalue weighted by molar-refractivity contribution is 5.94. The second kappa shape index (κ2) is 5.96. The standard InChI is InChI=1S/C17H24N4O3/c1-17(2,3)24-16(23)21-12-5-6-13(21)10-20(9-12)15(22)11-4-7-14(18)19-8-11/h4,7-8,12-13H,5-6,9-10H2,1-3H3,(H2,18,19). The third kappa shape index (κ3) is 3.29. The van der Waals surface area contributed by atoms with Crippen molar-refractivity contribution < 1.29 is 14.3 Å². The molecule has 2 N–H and O–H groups in total. The molecule has 2 aliphatic rings. The van der Waals surface area contributed by atoms with Gasteiger partial charge in [-0.05, 0) is 45.7 Å². The molecular formula is C17H24N4O3. The molecule has 2 aliphatic heterocycles. The minimum atomic E-state index is -0.515. The van der Waals surface area contributed by atoms with Crippen molar-refractivity contribution in [3.8, 4) is 0 Å². The first-order valence-electron chi connectivity index (χ1n) is 8.27. The SMILES string of the molecule is CC(C)(C)OC(=O)N1C2CCC1CN(C(=O)c1ccc(N)nc1)C2. The lowest BCUT2D eigenvalue weighted by atomic mass is 10.1. The van der Waals surface area contributed by atoms with E-state index in [9.17, 15) is 9.59 Å². The number of carbonyl (C=O) groups excluding carboxylic acids is 2. The maximum absolute atomic E-state index is 12.6. The molecule has 2 atom stereocenters. The van der Waals surface area contributed by atoms with E-state index in [0.29, 0.717) is 24.5 Å². The number of pyridine rings is 1. The molecule has 1 aromatic rings. The average molecular weight is 332 g/mol. The van der Waals surface area contributed by atoms with E-state index in [-0.39, 0.29) is 24.1 Å². The third-order valence-corrected chi connectivity index (χ3v) is 4.41. The molecule has 2 unspecified atom stereocenters. The van der Waals surface area contributed by atoms with Gasteiger partial charge >= 0.3 is 6.09 Å². The van der Waals surface area contributed by atoms with E-state index < -0.39 is 5.60 Å². The van der Waals surface area contributed by atoms with Crippen molar-refractivity contribution in [1.29, 1.82) is 0 Å². The summed E-state index contributed by atoms with van der Waals surface area (Å²) in [5, 5.41) is 0. The number of anilines is 1. The Morgan fingerprint density at radius 2 is 1.83 bits per heavy atom. The van der Waals surface area contributed by atoms with Crippen molar-refractivity contribution in [2.24, 2.45) is 0 Å². The van der Waals surface area contributed by atoms with E-state index in [2.05, 4.69) is 4.98 Å². The van der Waals surface area contributed by atoms with Crippen LogP contribution in [0.3, 0.4) is 0 Å². The molecule has 2 amide bonds. The van der Waals surface area contributed by atoms with Crippen LogP contribution in [0.1, 0.15) is 44.0 Å². The van der Waals surface area contributed by atoms with E-state index in [1.54, 1.807) is 17.0 Å². The van der Waals surface area contributed by atoms with Gasteiger partial charge in [0.25, 0.3) is 5.91 Å². The highest BCUT2D eigenvalue weighted by Crippen LogP contribution is 2.32. The largest absolute Gasteiger partial charge is 0.444 e. The molecule has 7 heteroatoms. The molecule has 3 rings (SSSR count). The summed E-state index contributed by atoms with van der Waals surface area (Å²) in [5.41, 5.74) is 5.57. The molecule has 0 aromatic carbocycles. The number of fused-ring (bicyclic) bond motifs is 2. The number of aromatic nitrogens is 1. The molecule has 24 heavy (non-hydrogen) atoms. The van der Waals surface area contributed by atoms with Crippen LogP contribution in [0.4, 0.5) is 10.6 Å². The normalized spacial score (nSPS) is 23.3. The molecule has 2 saturated heterocycles. The van der Waals surface area contributed by atoms with Crippen LogP contribution in [0.5, 0.6) is 0 Å². The van der Waals surface area contributed by atoms with Crippen LogP contribution >= 0.6 is 0 Å².